The molecule has 1 amide bonds. The molecule has 2 fully saturated rings. The van der Waals surface area contributed by atoms with Crippen LogP contribution in [0.1, 0.15) is 84.1 Å². The van der Waals surface area contributed by atoms with Crippen molar-refractivity contribution in [1.29, 1.82) is 0 Å². The van der Waals surface area contributed by atoms with Crippen LogP contribution in [0.15, 0.2) is 59.0 Å². The van der Waals surface area contributed by atoms with Gasteiger partial charge in [0.15, 0.2) is 0 Å². The molecule has 196 valence electrons. The topological polar surface area (TPSA) is 36.7 Å². The number of rotatable bonds is 9. The summed E-state index contributed by atoms with van der Waals surface area (Å²) < 4.78 is 5.27. The zero-order valence-corrected chi connectivity index (χ0v) is 22.8. The summed E-state index contributed by atoms with van der Waals surface area (Å²) in [7, 11) is 0. The fourth-order valence-electron chi connectivity index (χ4n) is 5.43. The van der Waals surface area contributed by atoms with E-state index in [-0.39, 0.29) is 12.0 Å². The Morgan fingerprint density at radius 2 is 2.03 bits per heavy atom. The molecule has 0 N–H and O–H groups in total. The lowest BCUT2D eigenvalue weighted by molar-refractivity contribution is -0.139. The van der Waals surface area contributed by atoms with Gasteiger partial charge in [0.25, 0.3) is 0 Å². The van der Waals surface area contributed by atoms with Crippen molar-refractivity contribution < 1.29 is 9.21 Å². The largest absolute Gasteiger partial charge is 0.472 e. The van der Waals surface area contributed by atoms with E-state index in [0.29, 0.717) is 12.5 Å². The summed E-state index contributed by atoms with van der Waals surface area (Å²) in [5.74, 6) is 7.75. The molecule has 1 aromatic rings. The monoisotopic (exact) mass is 490 g/mol. The Morgan fingerprint density at radius 1 is 1.22 bits per heavy atom. The van der Waals surface area contributed by atoms with Crippen LogP contribution < -0.4 is 0 Å². The van der Waals surface area contributed by atoms with E-state index in [1.165, 1.54) is 5.56 Å². The molecular formula is C32H46N2O2. The second-order valence-corrected chi connectivity index (χ2v) is 10.6. The van der Waals surface area contributed by atoms with Crippen molar-refractivity contribution in [3.8, 4) is 11.8 Å². The predicted molar refractivity (Wildman–Crippen MR) is 149 cm³/mol. The molecule has 0 aromatic carbocycles. The van der Waals surface area contributed by atoms with Gasteiger partial charge in [-0.2, -0.15) is 0 Å². The van der Waals surface area contributed by atoms with Crippen LogP contribution in [0.25, 0.3) is 0 Å². The summed E-state index contributed by atoms with van der Waals surface area (Å²) >= 11 is 0. The van der Waals surface area contributed by atoms with Crippen LogP contribution in [0, 0.1) is 23.7 Å². The number of carbonyl (C=O) groups excluding carboxylic acids is 1. The highest BCUT2D eigenvalue weighted by Gasteiger charge is 2.33. The van der Waals surface area contributed by atoms with Crippen LogP contribution in [0.2, 0.25) is 0 Å². The Bertz CT molecular complexity index is 939. The number of hydrogen-bond acceptors (Lipinski definition) is 3. The molecule has 3 rings (SSSR count). The number of carbonyl (C=O) groups is 1. The first-order valence-corrected chi connectivity index (χ1v) is 14.1. The molecular weight excluding hydrogens is 444 g/mol. The lowest BCUT2D eigenvalue weighted by Gasteiger charge is -2.36. The van der Waals surface area contributed by atoms with Gasteiger partial charge in [0.2, 0.25) is 5.91 Å². The molecule has 1 aliphatic heterocycles. The fourth-order valence-corrected chi connectivity index (χ4v) is 5.43. The molecule has 1 saturated carbocycles. The molecule has 0 spiro atoms. The number of amides is 1. The highest BCUT2D eigenvalue weighted by atomic mass is 16.3. The second-order valence-electron chi connectivity index (χ2n) is 10.6. The van der Waals surface area contributed by atoms with Gasteiger partial charge in [0.05, 0.1) is 12.5 Å². The van der Waals surface area contributed by atoms with Gasteiger partial charge in [0, 0.05) is 49.2 Å². The number of nitrogens with zero attached hydrogens (tertiary/aromatic N) is 2. The lowest BCUT2D eigenvalue weighted by Crippen LogP contribution is -2.45. The second kappa shape index (κ2) is 14.9. The molecule has 1 unspecified atom stereocenters. The number of hydrogen-bond donors (Lipinski definition) is 0. The smallest absolute Gasteiger partial charge is 0.226 e. The third-order valence-electron chi connectivity index (χ3n) is 7.76. The van der Waals surface area contributed by atoms with Crippen LogP contribution in [-0.2, 0) is 11.3 Å². The van der Waals surface area contributed by atoms with E-state index in [1.54, 1.807) is 6.26 Å². The minimum Gasteiger partial charge on any atom is -0.472 e. The maximum atomic E-state index is 14.0. The quantitative estimate of drug-likeness (QED) is 0.272. The van der Waals surface area contributed by atoms with E-state index in [2.05, 4.69) is 61.1 Å². The first kappa shape index (κ1) is 28.1. The maximum Gasteiger partial charge on any atom is 0.226 e. The van der Waals surface area contributed by atoms with Gasteiger partial charge in [-0.1, -0.05) is 44.4 Å². The molecule has 1 aromatic heterocycles. The minimum atomic E-state index is 0.164. The van der Waals surface area contributed by atoms with E-state index in [4.69, 9.17) is 4.42 Å². The molecule has 4 heteroatoms. The Hall–Kier alpha value is -2.51. The van der Waals surface area contributed by atoms with Crippen LogP contribution >= 0.6 is 0 Å². The molecule has 1 saturated heterocycles. The lowest BCUT2D eigenvalue weighted by atomic mass is 9.82. The van der Waals surface area contributed by atoms with Gasteiger partial charge >= 0.3 is 0 Å². The average Bonchev–Trinajstić information content (AvgIpc) is 3.30. The third kappa shape index (κ3) is 8.56. The molecule has 0 radical (unpaired) electrons. The van der Waals surface area contributed by atoms with Crippen molar-refractivity contribution in [3.63, 3.8) is 0 Å². The first-order valence-electron chi connectivity index (χ1n) is 14.1. The third-order valence-corrected chi connectivity index (χ3v) is 7.76. The normalized spacial score (nSPS) is 23.9. The standard InChI is InChI=1S/C32H46N2O2/c1-5-8-9-11-27(6-2)22-28(7-3)24-34(32(35)30-15-13-26(4)14-16-30)31-12-10-19-33(20-17-31)23-29-18-21-36-25-29/h6-7,18,21-22,25-26,30-31H,2,5,8,10,12-17,19-20,23-24H2,1,3-4H3/b27-22+,28-7+. The molecule has 2 heterocycles. The van der Waals surface area contributed by atoms with Crippen molar-refractivity contribution in [3.05, 3.63) is 60.1 Å². The molecule has 0 bridgehead atoms. The molecule has 2 aliphatic rings. The van der Waals surface area contributed by atoms with Crippen molar-refractivity contribution in [2.75, 3.05) is 19.6 Å². The van der Waals surface area contributed by atoms with E-state index >= 15 is 0 Å². The Balaban J connectivity index is 1.76. The van der Waals surface area contributed by atoms with Crippen LogP contribution in [-0.4, -0.2) is 41.4 Å². The predicted octanol–water partition coefficient (Wildman–Crippen LogP) is 7.15. The van der Waals surface area contributed by atoms with Crippen molar-refractivity contribution >= 4 is 5.91 Å². The number of unbranched alkanes of at least 4 members (excludes halogenated alkanes) is 1. The Morgan fingerprint density at radius 3 is 2.69 bits per heavy atom. The van der Waals surface area contributed by atoms with Crippen molar-refractivity contribution in [1.82, 2.24) is 9.80 Å². The highest BCUT2D eigenvalue weighted by Crippen LogP contribution is 2.31. The highest BCUT2D eigenvalue weighted by molar-refractivity contribution is 5.79. The fraction of sp³-hybridized carbons (Fsp3) is 0.594. The SMILES string of the molecule is C=C/C(C#CCCC)=C\C(=C/C)CN(C(=O)C1CCC(C)CC1)C1CCCN(Cc2ccoc2)CC1. The van der Waals surface area contributed by atoms with Gasteiger partial charge < -0.3 is 9.32 Å². The summed E-state index contributed by atoms with van der Waals surface area (Å²) in [5, 5.41) is 0. The van der Waals surface area contributed by atoms with Gasteiger partial charge in [0.1, 0.15) is 0 Å². The van der Waals surface area contributed by atoms with E-state index in [1.807, 2.05) is 18.4 Å². The maximum absolute atomic E-state index is 14.0. The van der Waals surface area contributed by atoms with E-state index in [0.717, 1.165) is 94.5 Å². The van der Waals surface area contributed by atoms with Crippen LogP contribution in [0.5, 0.6) is 0 Å². The van der Waals surface area contributed by atoms with Crippen LogP contribution in [0.3, 0.4) is 0 Å². The summed E-state index contributed by atoms with van der Waals surface area (Å²) in [6, 6.07) is 2.32. The summed E-state index contributed by atoms with van der Waals surface area (Å²) in [6.45, 7) is 14.1. The van der Waals surface area contributed by atoms with Gasteiger partial charge in [-0.15, -0.1) is 0 Å². The number of allylic oxidation sites excluding steroid dienone is 3. The summed E-state index contributed by atoms with van der Waals surface area (Å²) in [4.78, 5) is 18.7. The van der Waals surface area contributed by atoms with Crippen molar-refractivity contribution in [2.45, 2.75) is 91.1 Å². The zero-order valence-electron chi connectivity index (χ0n) is 22.8. The number of furan rings is 1. The van der Waals surface area contributed by atoms with Gasteiger partial charge in [-0.25, -0.2) is 0 Å². The van der Waals surface area contributed by atoms with Crippen molar-refractivity contribution in [2.24, 2.45) is 11.8 Å². The molecule has 36 heavy (non-hydrogen) atoms. The van der Waals surface area contributed by atoms with E-state index in [9.17, 15) is 4.79 Å². The molecule has 1 aliphatic carbocycles. The van der Waals surface area contributed by atoms with E-state index < -0.39 is 0 Å². The first-order chi connectivity index (χ1) is 17.5. The van der Waals surface area contributed by atoms with Gasteiger partial charge in [-0.3, -0.25) is 9.69 Å². The molecule has 4 nitrogen and oxygen atoms in total. The Kier molecular flexibility index (Phi) is 11.6. The van der Waals surface area contributed by atoms with Gasteiger partial charge in [-0.05, 0) is 88.5 Å². The minimum absolute atomic E-state index is 0.164. The summed E-state index contributed by atoms with van der Waals surface area (Å²) in [6.07, 6.45) is 19.2. The molecule has 1 atom stereocenters. The Labute approximate surface area is 219 Å². The average molecular weight is 491 g/mol. The number of likely N-dealkylation sites (tertiary alicyclic amines) is 1. The van der Waals surface area contributed by atoms with Crippen LogP contribution in [0.4, 0.5) is 0 Å². The zero-order chi connectivity index (χ0) is 25.8. The summed E-state index contributed by atoms with van der Waals surface area (Å²) in [5.41, 5.74) is 3.30.